The lowest BCUT2D eigenvalue weighted by atomic mass is 9.43. The van der Waals surface area contributed by atoms with Crippen molar-refractivity contribution in [3.05, 3.63) is 0 Å². The third-order valence-electron chi connectivity index (χ3n) is 11.9. The molecule has 2 aliphatic heterocycles. The van der Waals surface area contributed by atoms with Crippen LogP contribution in [-0.2, 0) is 9.47 Å². The topological polar surface area (TPSA) is 58.9 Å². The van der Waals surface area contributed by atoms with E-state index in [4.69, 9.17) is 9.47 Å². The Hall–Kier alpha value is -0.160. The maximum Gasteiger partial charge on any atom is 0.171 e. The Kier molecular flexibility index (Phi) is 4.78. The van der Waals surface area contributed by atoms with Gasteiger partial charge in [0.25, 0.3) is 0 Å². The Morgan fingerprint density at radius 2 is 1.58 bits per heavy atom. The lowest BCUT2D eigenvalue weighted by Crippen LogP contribution is -2.58. The predicted molar refractivity (Wildman–Crippen MR) is 119 cm³/mol. The first kappa shape index (κ1) is 21.4. The lowest BCUT2D eigenvalue weighted by molar-refractivity contribution is -0.273. The molecule has 2 saturated heterocycles. The van der Waals surface area contributed by atoms with Crippen LogP contribution in [0.25, 0.3) is 0 Å². The van der Waals surface area contributed by atoms with E-state index in [2.05, 4.69) is 27.7 Å². The quantitative estimate of drug-likeness (QED) is 0.579. The SMILES string of the molecule is C[C@@H]1CC[C@@]2(OC1)O[C@H]1C[C@@H]3[C@@H]4C[C@@H](O)[C@H]5C[C@@H](O)CC[C@]5(C)[C@H]4CC[C@]3(C)[C@H]1[C@@H]2C. The first-order valence-electron chi connectivity index (χ1n) is 13.4. The molecule has 0 bridgehead atoms. The lowest BCUT2D eigenvalue weighted by Gasteiger charge is -2.62. The molecule has 0 aromatic rings. The van der Waals surface area contributed by atoms with Crippen LogP contribution >= 0.6 is 0 Å². The normalized spacial score (nSPS) is 63.3. The van der Waals surface area contributed by atoms with Crippen LogP contribution in [0.1, 0.15) is 85.5 Å². The van der Waals surface area contributed by atoms with Gasteiger partial charge in [-0.05, 0) is 97.7 Å². The van der Waals surface area contributed by atoms with E-state index in [0.717, 1.165) is 45.1 Å². The van der Waals surface area contributed by atoms with E-state index in [9.17, 15) is 10.2 Å². The number of ether oxygens (including phenoxy) is 2. The zero-order valence-electron chi connectivity index (χ0n) is 20.1. The Labute approximate surface area is 188 Å². The summed E-state index contributed by atoms with van der Waals surface area (Å²) in [6.07, 6.45) is 9.58. The molecule has 4 aliphatic carbocycles. The van der Waals surface area contributed by atoms with Gasteiger partial charge in [-0.3, -0.25) is 0 Å². The van der Waals surface area contributed by atoms with E-state index in [1.165, 1.54) is 19.3 Å². The fraction of sp³-hybridized carbons (Fsp3) is 1.00. The summed E-state index contributed by atoms with van der Waals surface area (Å²) >= 11 is 0. The van der Waals surface area contributed by atoms with Crippen LogP contribution < -0.4 is 0 Å². The monoisotopic (exact) mass is 432 g/mol. The van der Waals surface area contributed by atoms with Crippen molar-refractivity contribution in [2.75, 3.05) is 6.61 Å². The summed E-state index contributed by atoms with van der Waals surface area (Å²) in [6, 6.07) is 0. The van der Waals surface area contributed by atoms with Crippen LogP contribution in [0.3, 0.4) is 0 Å². The zero-order chi connectivity index (χ0) is 21.8. The van der Waals surface area contributed by atoms with Crippen LogP contribution in [0.2, 0.25) is 0 Å². The van der Waals surface area contributed by atoms with Gasteiger partial charge < -0.3 is 19.7 Å². The summed E-state index contributed by atoms with van der Waals surface area (Å²) in [5.74, 6) is 3.58. The van der Waals surface area contributed by atoms with Crippen LogP contribution in [0.4, 0.5) is 0 Å². The van der Waals surface area contributed by atoms with Crippen molar-refractivity contribution in [3.63, 3.8) is 0 Å². The fourth-order valence-electron chi connectivity index (χ4n) is 10.3. The van der Waals surface area contributed by atoms with Crippen molar-refractivity contribution in [2.45, 2.75) is 110 Å². The van der Waals surface area contributed by atoms with Gasteiger partial charge in [0.15, 0.2) is 5.79 Å². The van der Waals surface area contributed by atoms with Gasteiger partial charge in [-0.1, -0.05) is 27.7 Å². The molecule has 2 N–H and O–H groups in total. The predicted octanol–water partition coefficient (Wildman–Crippen LogP) is 4.76. The highest BCUT2D eigenvalue weighted by Gasteiger charge is 2.69. The van der Waals surface area contributed by atoms with Crippen LogP contribution in [-0.4, -0.2) is 40.9 Å². The molecule has 13 atom stereocenters. The second kappa shape index (κ2) is 6.93. The maximum atomic E-state index is 11.2. The van der Waals surface area contributed by atoms with E-state index in [1.807, 2.05) is 0 Å². The molecule has 4 nitrogen and oxygen atoms in total. The molecule has 176 valence electrons. The van der Waals surface area contributed by atoms with E-state index in [1.54, 1.807) is 0 Å². The van der Waals surface area contributed by atoms with E-state index < -0.39 is 0 Å². The minimum atomic E-state index is -0.338. The van der Waals surface area contributed by atoms with Gasteiger partial charge in [0.05, 0.1) is 24.9 Å². The maximum absolute atomic E-state index is 11.2. The highest BCUT2D eigenvalue weighted by molar-refractivity contribution is 5.16. The summed E-state index contributed by atoms with van der Waals surface area (Å²) in [6.45, 7) is 10.6. The van der Waals surface area contributed by atoms with Gasteiger partial charge in [0, 0.05) is 12.3 Å². The first-order chi connectivity index (χ1) is 14.7. The van der Waals surface area contributed by atoms with Gasteiger partial charge in [0.2, 0.25) is 0 Å². The Morgan fingerprint density at radius 1 is 0.806 bits per heavy atom. The molecule has 4 heteroatoms. The summed E-state index contributed by atoms with van der Waals surface area (Å²) in [5.41, 5.74) is 0.495. The smallest absolute Gasteiger partial charge is 0.171 e. The van der Waals surface area contributed by atoms with Crippen molar-refractivity contribution < 1.29 is 19.7 Å². The second-order valence-electron chi connectivity index (χ2n) is 13.2. The minimum Gasteiger partial charge on any atom is -0.393 e. The molecular formula is C27H44O4. The van der Waals surface area contributed by atoms with Gasteiger partial charge in [-0.15, -0.1) is 0 Å². The second-order valence-corrected chi connectivity index (χ2v) is 13.2. The van der Waals surface area contributed by atoms with Crippen molar-refractivity contribution in [3.8, 4) is 0 Å². The number of fused-ring (bicyclic) bond motifs is 7. The van der Waals surface area contributed by atoms with Gasteiger partial charge in [-0.2, -0.15) is 0 Å². The molecule has 1 spiro atoms. The summed E-state index contributed by atoms with van der Waals surface area (Å²) in [7, 11) is 0. The third kappa shape index (κ3) is 2.80. The molecule has 0 aromatic heterocycles. The number of aliphatic hydroxyl groups excluding tert-OH is 2. The number of hydrogen-bond acceptors (Lipinski definition) is 4. The van der Waals surface area contributed by atoms with Crippen molar-refractivity contribution in [2.24, 2.45) is 52.3 Å². The van der Waals surface area contributed by atoms with E-state index in [0.29, 0.717) is 47.0 Å². The third-order valence-corrected chi connectivity index (χ3v) is 11.9. The molecule has 0 unspecified atom stereocenters. The summed E-state index contributed by atoms with van der Waals surface area (Å²) in [5, 5.41) is 21.5. The Balaban J connectivity index is 1.28. The van der Waals surface area contributed by atoms with Gasteiger partial charge in [0.1, 0.15) is 0 Å². The average molecular weight is 433 g/mol. The zero-order valence-corrected chi connectivity index (χ0v) is 20.1. The molecule has 0 aromatic carbocycles. The minimum absolute atomic E-state index is 0.191. The van der Waals surface area contributed by atoms with Crippen molar-refractivity contribution in [1.29, 1.82) is 0 Å². The van der Waals surface area contributed by atoms with E-state index in [-0.39, 0.29) is 29.3 Å². The molecule has 6 fully saturated rings. The Morgan fingerprint density at radius 3 is 2.32 bits per heavy atom. The van der Waals surface area contributed by atoms with Crippen molar-refractivity contribution in [1.82, 2.24) is 0 Å². The van der Waals surface area contributed by atoms with Crippen LogP contribution in [0.15, 0.2) is 0 Å². The van der Waals surface area contributed by atoms with Gasteiger partial charge in [-0.25, -0.2) is 0 Å². The van der Waals surface area contributed by atoms with E-state index >= 15 is 0 Å². The molecule has 6 aliphatic rings. The highest BCUT2D eigenvalue weighted by Crippen LogP contribution is 2.71. The first-order valence-corrected chi connectivity index (χ1v) is 13.4. The fourth-order valence-corrected chi connectivity index (χ4v) is 10.3. The Bertz CT molecular complexity index is 716. The molecule has 0 amide bonds. The van der Waals surface area contributed by atoms with Gasteiger partial charge >= 0.3 is 0 Å². The molecule has 31 heavy (non-hydrogen) atoms. The summed E-state index contributed by atoms with van der Waals surface area (Å²) in [4.78, 5) is 0. The number of rotatable bonds is 0. The largest absolute Gasteiger partial charge is 0.393 e. The number of aliphatic hydroxyl groups is 2. The molecular weight excluding hydrogens is 388 g/mol. The number of hydrogen-bond donors (Lipinski definition) is 2. The average Bonchev–Trinajstić information content (AvgIpc) is 3.17. The van der Waals surface area contributed by atoms with Crippen molar-refractivity contribution >= 4 is 0 Å². The molecule has 2 heterocycles. The molecule has 6 rings (SSSR count). The standard InChI is InChI=1S/C27H44O4/c1-15-5-10-27(30-14-15)16(2)24-23(31-27)13-20-18-12-22(29)21-11-17(28)6-8-25(21,3)19(18)7-9-26(20,24)4/h15-24,28-29H,5-14H2,1-4H3/t15-,16+,17+,18-,19+,20-,21-,22-,23+,24+,25-,26+,27-/m1/s1. The van der Waals surface area contributed by atoms with Crippen LogP contribution in [0, 0.1) is 52.3 Å². The molecule has 4 saturated carbocycles. The molecule has 0 radical (unpaired) electrons. The summed E-state index contributed by atoms with van der Waals surface area (Å²) < 4.78 is 13.3. The highest BCUT2D eigenvalue weighted by atomic mass is 16.7. The van der Waals surface area contributed by atoms with Crippen LogP contribution in [0.5, 0.6) is 0 Å².